The maximum absolute atomic E-state index is 10.9. The zero-order valence-electron chi connectivity index (χ0n) is 19.8. The van der Waals surface area contributed by atoms with Crippen molar-refractivity contribution in [3.8, 4) is 16.2 Å². The maximum Gasteiger partial charge on any atom is 0.345 e. The Bertz CT molecular complexity index is 1280. The molecule has 4 rings (SSSR count). The van der Waals surface area contributed by atoms with Crippen LogP contribution in [0.4, 0.5) is 11.4 Å². The van der Waals surface area contributed by atoms with Crippen molar-refractivity contribution in [2.45, 2.75) is 32.6 Å². The number of phenolic OH excluding ortho intramolecular Hbond substituents is 1. The number of hydrogen-bond acceptors (Lipinski definition) is 8. The summed E-state index contributed by atoms with van der Waals surface area (Å²) in [6.07, 6.45) is 3.03. The van der Waals surface area contributed by atoms with Gasteiger partial charge in [-0.05, 0) is 73.2 Å². The molecule has 1 aliphatic rings. The van der Waals surface area contributed by atoms with E-state index in [-0.39, 0.29) is 27.7 Å². The number of phenols is 1. The Morgan fingerprint density at radius 3 is 2.63 bits per heavy atom. The van der Waals surface area contributed by atoms with Gasteiger partial charge < -0.3 is 20.9 Å². The Kier molecular flexibility index (Phi) is 8.38. The zero-order chi connectivity index (χ0) is 25.5. The van der Waals surface area contributed by atoms with E-state index < -0.39 is 5.97 Å². The number of benzene rings is 2. The van der Waals surface area contributed by atoms with Crippen molar-refractivity contribution in [3.63, 3.8) is 0 Å². The molecule has 0 spiro atoms. The number of hydrazone groups is 1. The van der Waals surface area contributed by atoms with Gasteiger partial charge in [0.05, 0.1) is 11.4 Å². The minimum atomic E-state index is -1.03. The molecule has 182 valence electrons. The number of rotatable bonds is 7. The number of carbonyl (C=O) groups is 2. The molecule has 1 atom stereocenters. The molecule has 0 fully saturated rings. The average Bonchev–Trinajstić information content (AvgIpc) is 3.48. The Hall–Kier alpha value is -3.98. The molecule has 0 bridgehead atoms. The van der Waals surface area contributed by atoms with Crippen LogP contribution in [-0.4, -0.2) is 40.9 Å². The number of aromatic hydroxyl groups is 1. The topological polar surface area (TPSA) is 135 Å². The van der Waals surface area contributed by atoms with Gasteiger partial charge in [0.2, 0.25) is 0 Å². The van der Waals surface area contributed by atoms with E-state index in [1.54, 1.807) is 35.4 Å². The van der Waals surface area contributed by atoms with E-state index in [0.29, 0.717) is 16.7 Å². The number of nitrogens with zero attached hydrogens (tertiary/aromatic N) is 1. The van der Waals surface area contributed by atoms with Gasteiger partial charge in [-0.25, -0.2) is 4.79 Å². The quantitative estimate of drug-likeness (QED) is 0.126. The molecule has 1 aliphatic carbocycles. The monoisotopic (exact) mass is 492 g/mol. The number of fused-ring (bicyclic) bond motifs is 1. The first-order valence-electron chi connectivity index (χ1n) is 11.1. The fourth-order valence-corrected chi connectivity index (χ4v) is 4.58. The van der Waals surface area contributed by atoms with Crippen LogP contribution in [0.3, 0.4) is 0 Å². The van der Waals surface area contributed by atoms with Crippen LogP contribution in [0.1, 0.15) is 47.0 Å². The number of carboxylic acids is 1. The Labute approximate surface area is 207 Å². The number of nitrogens with one attached hydrogen (secondary N) is 3. The number of aromatic carboxylic acids is 1. The van der Waals surface area contributed by atoms with Gasteiger partial charge in [0.15, 0.2) is 6.29 Å². The summed E-state index contributed by atoms with van der Waals surface area (Å²) >= 11 is 1.04. The lowest BCUT2D eigenvalue weighted by Gasteiger charge is -2.08. The third kappa shape index (κ3) is 6.13. The lowest BCUT2D eigenvalue weighted by atomic mass is 10.0. The van der Waals surface area contributed by atoms with Gasteiger partial charge in [-0.3, -0.25) is 10.2 Å². The highest BCUT2D eigenvalue weighted by atomic mass is 32.1. The molecule has 0 saturated heterocycles. The highest BCUT2D eigenvalue weighted by molar-refractivity contribution is 7.17. The molecule has 2 aromatic carbocycles. The van der Waals surface area contributed by atoms with E-state index in [1.165, 1.54) is 31.5 Å². The number of aryl methyl sites for hydroxylation is 1. The first-order valence-corrected chi connectivity index (χ1v) is 11.9. The molecule has 1 unspecified atom stereocenters. The number of thiophene rings is 1. The second-order valence-corrected chi connectivity index (χ2v) is 9.21. The summed E-state index contributed by atoms with van der Waals surface area (Å²) in [5, 5.41) is 33.6. The largest absolute Gasteiger partial charge is 0.505 e. The van der Waals surface area contributed by atoms with Crippen molar-refractivity contribution >= 4 is 46.4 Å². The van der Waals surface area contributed by atoms with E-state index >= 15 is 0 Å². The number of para-hydroxylation sites is 1. The number of carboxylic acid groups (broad SMARTS) is 1. The van der Waals surface area contributed by atoms with E-state index in [1.807, 2.05) is 7.05 Å². The molecule has 1 aromatic heterocycles. The van der Waals surface area contributed by atoms with Gasteiger partial charge in [-0.15, -0.1) is 11.3 Å². The van der Waals surface area contributed by atoms with Gasteiger partial charge in [-0.1, -0.05) is 19.1 Å². The molecule has 1 heterocycles. The second kappa shape index (κ2) is 11.4. The van der Waals surface area contributed by atoms with Crippen LogP contribution in [0.25, 0.3) is 10.4 Å². The predicted octanol–water partition coefficient (Wildman–Crippen LogP) is 5.60. The highest BCUT2D eigenvalue weighted by Crippen LogP contribution is 2.39. The predicted molar refractivity (Wildman–Crippen MR) is 142 cm³/mol. The molecule has 8 nitrogen and oxygen atoms in total. The lowest BCUT2D eigenvalue weighted by molar-refractivity contribution is -0.102. The average molecular weight is 493 g/mol. The van der Waals surface area contributed by atoms with Crippen molar-refractivity contribution in [1.29, 1.82) is 5.41 Å². The minimum Gasteiger partial charge on any atom is -0.505 e. The number of carbonyl (C=O) groups excluding carboxylic acids is 1. The van der Waals surface area contributed by atoms with Crippen molar-refractivity contribution in [2.75, 3.05) is 17.8 Å². The SMILES string of the molecule is CC(=N)/C(C=O)=N/Nc1cccc(-c2ccc(C(=O)O)s2)c1O.CNc1ccc2c(c1)C(C)CC2. The summed E-state index contributed by atoms with van der Waals surface area (Å²) in [4.78, 5) is 22.5. The number of aldehydes is 1. The van der Waals surface area contributed by atoms with Crippen LogP contribution in [0.15, 0.2) is 53.6 Å². The third-order valence-electron chi connectivity index (χ3n) is 5.72. The molecule has 0 radical (unpaired) electrons. The molecule has 0 saturated carbocycles. The summed E-state index contributed by atoms with van der Waals surface area (Å²) in [6, 6.07) is 14.6. The summed E-state index contributed by atoms with van der Waals surface area (Å²) in [5.41, 5.74) is 7.46. The van der Waals surface area contributed by atoms with Crippen molar-refractivity contribution in [3.05, 3.63) is 64.5 Å². The Balaban J connectivity index is 0.000000237. The Morgan fingerprint density at radius 1 is 1.23 bits per heavy atom. The molecule has 3 aromatic rings. The van der Waals surface area contributed by atoms with Gasteiger partial charge in [0, 0.05) is 23.2 Å². The summed E-state index contributed by atoms with van der Waals surface area (Å²) in [5.74, 6) is -0.395. The number of anilines is 2. The molecular formula is C26H28N4O4S. The number of hydrogen-bond donors (Lipinski definition) is 5. The van der Waals surface area contributed by atoms with E-state index in [2.05, 4.69) is 41.0 Å². The molecule has 0 amide bonds. The van der Waals surface area contributed by atoms with Crippen molar-refractivity contribution in [2.24, 2.45) is 5.10 Å². The molecule has 0 aliphatic heterocycles. The van der Waals surface area contributed by atoms with E-state index in [9.17, 15) is 14.7 Å². The van der Waals surface area contributed by atoms with Crippen LogP contribution in [0, 0.1) is 5.41 Å². The van der Waals surface area contributed by atoms with E-state index in [4.69, 9.17) is 10.5 Å². The van der Waals surface area contributed by atoms with Crippen LogP contribution in [0.2, 0.25) is 0 Å². The van der Waals surface area contributed by atoms with E-state index in [0.717, 1.165) is 17.3 Å². The lowest BCUT2D eigenvalue weighted by Crippen LogP contribution is -2.12. The third-order valence-corrected chi connectivity index (χ3v) is 6.83. The summed E-state index contributed by atoms with van der Waals surface area (Å²) in [6.45, 7) is 3.73. The van der Waals surface area contributed by atoms with Crippen LogP contribution >= 0.6 is 11.3 Å². The van der Waals surface area contributed by atoms with Gasteiger partial charge in [0.1, 0.15) is 16.3 Å². The molecular weight excluding hydrogens is 464 g/mol. The van der Waals surface area contributed by atoms with Crippen LogP contribution < -0.4 is 10.7 Å². The normalized spacial score (nSPS) is 14.4. The fourth-order valence-electron chi connectivity index (χ4n) is 3.71. The minimum absolute atomic E-state index is 0.00694. The van der Waals surface area contributed by atoms with Crippen LogP contribution in [-0.2, 0) is 11.2 Å². The summed E-state index contributed by atoms with van der Waals surface area (Å²) < 4.78 is 0. The summed E-state index contributed by atoms with van der Waals surface area (Å²) in [7, 11) is 1.97. The second-order valence-electron chi connectivity index (χ2n) is 8.13. The van der Waals surface area contributed by atoms with Crippen molar-refractivity contribution in [1.82, 2.24) is 0 Å². The van der Waals surface area contributed by atoms with Crippen molar-refractivity contribution < 1.29 is 19.8 Å². The zero-order valence-corrected chi connectivity index (χ0v) is 20.6. The smallest absolute Gasteiger partial charge is 0.345 e. The van der Waals surface area contributed by atoms with Gasteiger partial charge in [0.25, 0.3) is 0 Å². The van der Waals surface area contributed by atoms with Crippen LogP contribution in [0.5, 0.6) is 5.75 Å². The highest BCUT2D eigenvalue weighted by Gasteiger charge is 2.18. The van der Waals surface area contributed by atoms with Gasteiger partial charge in [-0.2, -0.15) is 5.10 Å². The molecule has 35 heavy (non-hydrogen) atoms. The fraction of sp³-hybridized carbons (Fsp3) is 0.231. The Morgan fingerprint density at radius 2 is 2.00 bits per heavy atom. The first-order chi connectivity index (χ1) is 16.7. The standard InChI is InChI=1S/C15H13N3O4S.C11H15N/c1-8(16)11(7-19)18-17-10-4-2-3-9(14(10)20)12-5-6-13(23-12)15(21)22;1-8-3-4-9-5-6-10(12-2)7-11(8)9/h2-7,16-17,20H,1H3,(H,21,22);5-8,12H,3-4H2,1-2H3/b16-8?,18-11+;. The van der Waals surface area contributed by atoms with Gasteiger partial charge >= 0.3 is 5.97 Å². The first kappa shape index (κ1) is 25.6. The maximum atomic E-state index is 10.9. The molecule has 5 N–H and O–H groups in total. The molecule has 9 heteroatoms.